The average Bonchev–Trinajstić information content (AvgIpc) is 3.05. The van der Waals surface area contributed by atoms with Gasteiger partial charge in [-0.15, -0.1) is 0 Å². The van der Waals surface area contributed by atoms with Gasteiger partial charge in [0.1, 0.15) is 5.82 Å². The Morgan fingerprint density at radius 2 is 1.93 bits per heavy atom. The quantitative estimate of drug-likeness (QED) is 0.718. The van der Waals surface area contributed by atoms with Crippen molar-refractivity contribution in [3.05, 3.63) is 48.3 Å². The van der Waals surface area contributed by atoms with Crippen molar-refractivity contribution in [2.75, 3.05) is 5.32 Å². The highest BCUT2D eigenvalue weighted by Crippen LogP contribution is 2.33. The first kappa shape index (κ1) is 18.0. The summed E-state index contributed by atoms with van der Waals surface area (Å²) < 4.78 is 1.83. The van der Waals surface area contributed by atoms with Gasteiger partial charge in [-0.25, -0.2) is 9.50 Å². The molecular weight excluding hydrogens is 336 g/mol. The molecule has 0 saturated heterocycles. The van der Waals surface area contributed by atoms with E-state index in [9.17, 15) is 5.11 Å². The van der Waals surface area contributed by atoms with E-state index in [0.717, 1.165) is 48.3 Å². The van der Waals surface area contributed by atoms with E-state index in [4.69, 9.17) is 4.98 Å². The topological polar surface area (TPSA) is 62.5 Å². The van der Waals surface area contributed by atoms with E-state index in [1.54, 1.807) is 0 Å². The maximum Gasteiger partial charge on any atom is 0.165 e. The van der Waals surface area contributed by atoms with Gasteiger partial charge in [-0.05, 0) is 64.0 Å². The largest absolute Gasteiger partial charge is 0.390 e. The second-order valence-corrected chi connectivity index (χ2v) is 8.36. The molecule has 0 spiro atoms. The van der Waals surface area contributed by atoms with Gasteiger partial charge in [0.15, 0.2) is 5.65 Å². The third kappa shape index (κ3) is 3.83. The van der Waals surface area contributed by atoms with Crippen LogP contribution in [0, 0.1) is 12.8 Å². The molecule has 3 aromatic rings. The Hall–Kier alpha value is -2.40. The fourth-order valence-corrected chi connectivity index (χ4v) is 4.12. The van der Waals surface area contributed by atoms with E-state index >= 15 is 0 Å². The number of nitrogens with zero attached hydrogens (tertiary/aromatic N) is 3. The molecular formula is C22H28N4O. The van der Waals surface area contributed by atoms with Crippen LogP contribution in [0.4, 0.5) is 5.82 Å². The summed E-state index contributed by atoms with van der Waals surface area (Å²) in [6.45, 7) is 5.94. The van der Waals surface area contributed by atoms with Gasteiger partial charge in [0.25, 0.3) is 0 Å². The van der Waals surface area contributed by atoms with Crippen LogP contribution in [0.3, 0.4) is 0 Å². The Morgan fingerprint density at radius 1 is 1.15 bits per heavy atom. The lowest BCUT2D eigenvalue weighted by molar-refractivity contribution is -0.000401. The fraction of sp³-hybridized carbons (Fsp3) is 0.455. The smallest absolute Gasteiger partial charge is 0.165 e. The van der Waals surface area contributed by atoms with Crippen LogP contribution >= 0.6 is 0 Å². The Bertz CT molecular complexity index is 933. The summed E-state index contributed by atoms with van der Waals surface area (Å²) in [4.78, 5) is 4.84. The Balaban J connectivity index is 1.53. The SMILES string of the molecule is Cc1cccc(-c2cnn3ccc(NC4CCC(C(C)(C)O)CC4)nc23)c1. The van der Waals surface area contributed by atoms with Crippen LogP contribution in [0.5, 0.6) is 0 Å². The summed E-state index contributed by atoms with van der Waals surface area (Å²) in [6.07, 6.45) is 8.06. The second-order valence-electron chi connectivity index (χ2n) is 8.36. The molecule has 4 rings (SSSR count). The summed E-state index contributed by atoms with van der Waals surface area (Å²) in [5, 5.41) is 18.3. The van der Waals surface area contributed by atoms with E-state index in [-0.39, 0.29) is 0 Å². The molecule has 2 aromatic heterocycles. The zero-order valence-electron chi connectivity index (χ0n) is 16.3. The highest BCUT2D eigenvalue weighted by atomic mass is 16.3. The monoisotopic (exact) mass is 364 g/mol. The number of benzene rings is 1. The number of nitrogens with one attached hydrogen (secondary N) is 1. The molecule has 0 unspecified atom stereocenters. The Kier molecular flexibility index (Phi) is 4.64. The predicted octanol–water partition coefficient (Wildman–Crippen LogP) is 4.45. The molecule has 0 radical (unpaired) electrons. The molecule has 1 aliphatic carbocycles. The molecule has 2 N–H and O–H groups in total. The molecule has 0 amide bonds. The highest BCUT2D eigenvalue weighted by Gasteiger charge is 2.31. The fourth-order valence-electron chi connectivity index (χ4n) is 4.12. The first-order valence-corrected chi connectivity index (χ1v) is 9.80. The Labute approximate surface area is 160 Å². The van der Waals surface area contributed by atoms with E-state index in [1.165, 1.54) is 5.56 Å². The average molecular weight is 364 g/mol. The van der Waals surface area contributed by atoms with Crippen LogP contribution in [0.15, 0.2) is 42.7 Å². The summed E-state index contributed by atoms with van der Waals surface area (Å²) in [6, 6.07) is 10.8. The predicted molar refractivity (Wildman–Crippen MR) is 109 cm³/mol. The minimum Gasteiger partial charge on any atom is -0.390 e. The third-order valence-corrected chi connectivity index (χ3v) is 5.78. The van der Waals surface area contributed by atoms with Gasteiger partial charge in [0.05, 0.1) is 11.8 Å². The number of hydrogen-bond donors (Lipinski definition) is 2. The van der Waals surface area contributed by atoms with Crippen LogP contribution < -0.4 is 5.32 Å². The van der Waals surface area contributed by atoms with Crippen LogP contribution in [0.1, 0.15) is 45.1 Å². The lowest BCUT2D eigenvalue weighted by Crippen LogP contribution is -2.37. The number of anilines is 1. The van der Waals surface area contributed by atoms with Gasteiger partial charge in [0.2, 0.25) is 0 Å². The van der Waals surface area contributed by atoms with Crippen molar-refractivity contribution in [1.29, 1.82) is 0 Å². The summed E-state index contributed by atoms with van der Waals surface area (Å²) in [5.74, 6) is 1.28. The molecule has 27 heavy (non-hydrogen) atoms. The van der Waals surface area contributed by atoms with Crippen LogP contribution in [0.2, 0.25) is 0 Å². The van der Waals surface area contributed by atoms with Crippen molar-refractivity contribution in [3.8, 4) is 11.1 Å². The summed E-state index contributed by atoms with van der Waals surface area (Å²) >= 11 is 0. The van der Waals surface area contributed by atoms with Crippen molar-refractivity contribution in [3.63, 3.8) is 0 Å². The molecule has 5 heteroatoms. The first-order chi connectivity index (χ1) is 12.9. The maximum atomic E-state index is 10.2. The van der Waals surface area contributed by atoms with Gasteiger partial charge in [-0.2, -0.15) is 5.10 Å². The summed E-state index contributed by atoms with van der Waals surface area (Å²) in [7, 11) is 0. The van der Waals surface area contributed by atoms with Crippen LogP contribution in [-0.2, 0) is 0 Å². The molecule has 1 fully saturated rings. The van der Waals surface area contributed by atoms with E-state index < -0.39 is 5.60 Å². The number of fused-ring (bicyclic) bond motifs is 1. The van der Waals surface area contributed by atoms with Crippen LogP contribution in [-0.4, -0.2) is 31.3 Å². The number of aryl methyl sites for hydroxylation is 1. The van der Waals surface area contributed by atoms with Crippen molar-refractivity contribution < 1.29 is 5.11 Å². The minimum atomic E-state index is -0.581. The van der Waals surface area contributed by atoms with Gasteiger partial charge < -0.3 is 10.4 Å². The Morgan fingerprint density at radius 3 is 2.63 bits per heavy atom. The zero-order chi connectivity index (χ0) is 19.0. The van der Waals surface area contributed by atoms with E-state index in [0.29, 0.717) is 12.0 Å². The summed E-state index contributed by atoms with van der Waals surface area (Å²) in [5.41, 5.74) is 3.71. The molecule has 1 aliphatic rings. The maximum absolute atomic E-state index is 10.2. The molecule has 0 aliphatic heterocycles. The number of hydrogen-bond acceptors (Lipinski definition) is 4. The number of rotatable bonds is 4. The lowest BCUT2D eigenvalue weighted by Gasteiger charge is -2.36. The van der Waals surface area contributed by atoms with Crippen molar-refractivity contribution in [2.45, 2.75) is 58.1 Å². The second kappa shape index (κ2) is 6.97. The van der Waals surface area contributed by atoms with E-state index in [2.05, 4.69) is 41.6 Å². The third-order valence-electron chi connectivity index (χ3n) is 5.78. The number of aromatic nitrogens is 3. The van der Waals surface area contributed by atoms with Crippen molar-refractivity contribution in [1.82, 2.24) is 14.6 Å². The van der Waals surface area contributed by atoms with Crippen LogP contribution in [0.25, 0.3) is 16.8 Å². The normalized spacial score (nSPS) is 20.7. The molecule has 2 heterocycles. The minimum absolute atomic E-state index is 0.383. The molecule has 5 nitrogen and oxygen atoms in total. The van der Waals surface area contributed by atoms with Crippen molar-refractivity contribution in [2.24, 2.45) is 5.92 Å². The van der Waals surface area contributed by atoms with Gasteiger partial charge in [0, 0.05) is 17.8 Å². The molecule has 142 valence electrons. The standard InChI is InChI=1S/C22H28N4O/c1-15-5-4-6-16(13-15)19-14-23-26-12-11-20(25-21(19)26)24-18-9-7-17(8-10-18)22(2,3)27/h4-6,11-14,17-18,27H,7-10H2,1-3H3,(H,24,25). The molecule has 0 atom stereocenters. The zero-order valence-corrected chi connectivity index (χ0v) is 16.3. The van der Waals surface area contributed by atoms with Gasteiger partial charge >= 0.3 is 0 Å². The molecule has 1 saturated carbocycles. The first-order valence-electron chi connectivity index (χ1n) is 9.80. The molecule has 1 aromatic carbocycles. The highest BCUT2D eigenvalue weighted by molar-refractivity contribution is 5.78. The van der Waals surface area contributed by atoms with Gasteiger partial charge in [-0.3, -0.25) is 0 Å². The lowest BCUT2D eigenvalue weighted by atomic mass is 9.77. The number of aliphatic hydroxyl groups is 1. The van der Waals surface area contributed by atoms with Crippen molar-refractivity contribution >= 4 is 11.5 Å². The van der Waals surface area contributed by atoms with E-state index in [1.807, 2.05) is 36.8 Å². The van der Waals surface area contributed by atoms with Gasteiger partial charge in [-0.1, -0.05) is 29.8 Å². The molecule has 0 bridgehead atoms.